The van der Waals surface area contributed by atoms with Crippen LogP contribution < -0.4 is 0 Å². The molecule has 7 atom stereocenters. The van der Waals surface area contributed by atoms with Crippen molar-refractivity contribution >= 4 is 5.78 Å². The van der Waals surface area contributed by atoms with Crippen LogP contribution in [0, 0.1) is 40.4 Å². The number of ketones is 1. The predicted molar refractivity (Wildman–Crippen MR) is 91.9 cm³/mol. The first-order chi connectivity index (χ1) is 11.0. The van der Waals surface area contributed by atoms with E-state index in [1.54, 1.807) is 0 Å². The molecule has 0 heterocycles. The quantitative estimate of drug-likeness (QED) is 0.808. The Labute approximate surface area is 141 Å². The molecule has 130 valence electrons. The molecular formula is C21H34O2. The highest BCUT2D eigenvalue weighted by Gasteiger charge is 2.60. The Morgan fingerprint density at radius 2 is 1.70 bits per heavy atom. The molecule has 4 rings (SSSR count). The molecule has 0 bridgehead atoms. The Balaban J connectivity index is 1.61. The second-order valence-electron chi connectivity index (χ2n) is 9.70. The van der Waals surface area contributed by atoms with Crippen LogP contribution >= 0.6 is 0 Å². The summed E-state index contributed by atoms with van der Waals surface area (Å²) in [6, 6.07) is 0. The van der Waals surface area contributed by atoms with Gasteiger partial charge in [-0.05, 0) is 85.9 Å². The maximum Gasteiger partial charge on any atom is 0.161 e. The molecule has 23 heavy (non-hydrogen) atoms. The number of Topliss-reactive ketones (excluding diaryl/α,β-unsaturated/α-hetero) is 1. The predicted octanol–water partition coefficient (Wildman–Crippen LogP) is 4.60. The molecular weight excluding hydrogens is 284 g/mol. The van der Waals surface area contributed by atoms with Crippen LogP contribution in [0.1, 0.15) is 78.1 Å². The van der Waals surface area contributed by atoms with Gasteiger partial charge in [-0.1, -0.05) is 26.7 Å². The van der Waals surface area contributed by atoms with E-state index in [4.69, 9.17) is 0 Å². The van der Waals surface area contributed by atoms with Crippen molar-refractivity contribution in [1.29, 1.82) is 0 Å². The molecule has 0 amide bonds. The lowest BCUT2D eigenvalue weighted by Crippen LogP contribution is -2.53. The lowest BCUT2D eigenvalue weighted by molar-refractivity contribution is -0.137. The SMILES string of the molecule is CC12CCCCC1CC[C@@H]1C2CCC2(C)C(C(=O)CO)CC[C@@H]12. The maximum atomic E-state index is 12.3. The van der Waals surface area contributed by atoms with Crippen LogP contribution in [0.5, 0.6) is 0 Å². The van der Waals surface area contributed by atoms with Crippen molar-refractivity contribution in [3.8, 4) is 0 Å². The van der Waals surface area contributed by atoms with E-state index in [2.05, 4.69) is 13.8 Å². The Bertz CT molecular complexity index is 486. The van der Waals surface area contributed by atoms with Crippen LogP contribution in [-0.2, 0) is 4.79 Å². The molecule has 4 saturated carbocycles. The number of hydrogen-bond acceptors (Lipinski definition) is 2. The van der Waals surface area contributed by atoms with Crippen LogP contribution in [0.2, 0.25) is 0 Å². The molecule has 0 spiro atoms. The number of fused-ring (bicyclic) bond motifs is 5. The zero-order valence-electron chi connectivity index (χ0n) is 15.0. The molecule has 0 radical (unpaired) electrons. The molecule has 0 saturated heterocycles. The van der Waals surface area contributed by atoms with E-state index in [0.29, 0.717) is 5.41 Å². The molecule has 4 aliphatic carbocycles. The molecule has 5 unspecified atom stereocenters. The smallest absolute Gasteiger partial charge is 0.161 e. The number of carbonyl (C=O) groups is 1. The van der Waals surface area contributed by atoms with Gasteiger partial charge < -0.3 is 5.11 Å². The van der Waals surface area contributed by atoms with Crippen LogP contribution in [-0.4, -0.2) is 17.5 Å². The highest BCUT2D eigenvalue weighted by molar-refractivity contribution is 5.83. The van der Waals surface area contributed by atoms with Crippen molar-refractivity contribution in [3.05, 3.63) is 0 Å². The molecule has 2 heteroatoms. The standard InChI is InChI=1S/C21H34O2/c1-20-11-4-3-5-14(20)6-7-15-16-8-9-18(19(23)13-22)21(16,2)12-10-17(15)20/h14-18,22H,3-13H2,1-2H3/t14?,15-,16-,17?,18?,20?,21?/m0/s1. The van der Waals surface area contributed by atoms with Crippen LogP contribution in [0.4, 0.5) is 0 Å². The zero-order chi connectivity index (χ0) is 16.2. The third kappa shape index (κ3) is 2.19. The van der Waals surface area contributed by atoms with Crippen molar-refractivity contribution in [2.75, 3.05) is 6.61 Å². The summed E-state index contributed by atoms with van der Waals surface area (Å²) in [5, 5.41) is 9.38. The van der Waals surface area contributed by atoms with Gasteiger partial charge in [0.05, 0.1) is 0 Å². The summed E-state index contributed by atoms with van der Waals surface area (Å²) in [5.41, 5.74) is 0.764. The van der Waals surface area contributed by atoms with Gasteiger partial charge in [-0.25, -0.2) is 0 Å². The first kappa shape index (κ1) is 16.1. The number of hydrogen-bond donors (Lipinski definition) is 1. The lowest BCUT2D eigenvalue weighted by Gasteiger charge is -2.60. The lowest BCUT2D eigenvalue weighted by atomic mass is 9.45. The van der Waals surface area contributed by atoms with Gasteiger partial charge in [-0.15, -0.1) is 0 Å². The summed E-state index contributed by atoms with van der Waals surface area (Å²) in [7, 11) is 0. The van der Waals surface area contributed by atoms with Gasteiger partial charge in [-0.3, -0.25) is 4.79 Å². The monoisotopic (exact) mass is 318 g/mol. The van der Waals surface area contributed by atoms with Gasteiger partial charge in [0.15, 0.2) is 5.78 Å². The summed E-state index contributed by atoms with van der Waals surface area (Å²) in [6.45, 7) is 4.75. The van der Waals surface area contributed by atoms with E-state index in [1.165, 1.54) is 57.8 Å². The van der Waals surface area contributed by atoms with Gasteiger partial charge >= 0.3 is 0 Å². The van der Waals surface area contributed by atoms with E-state index >= 15 is 0 Å². The Morgan fingerprint density at radius 3 is 2.48 bits per heavy atom. The summed E-state index contributed by atoms with van der Waals surface area (Å²) >= 11 is 0. The molecule has 0 aromatic carbocycles. The van der Waals surface area contributed by atoms with Gasteiger partial charge in [-0.2, -0.15) is 0 Å². The maximum absolute atomic E-state index is 12.3. The van der Waals surface area contributed by atoms with E-state index in [1.807, 2.05) is 0 Å². The minimum Gasteiger partial charge on any atom is -0.389 e. The summed E-state index contributed by atoms with van der Waals surface area (Å²) in [5.74, 6) is 3.72. The second-order valence-corrected chi connectivity index (χ2v) is 9.70. The Kier molecular flexibility index (Phi) is 3.91. The molecule has 1 N–H and O–H groups in total. The van der Waals surface area contributed by atoms with E-state index in [-0.39, 0.29) is 23.7 Å². The fraction of sp³-hybridized carbons (Fsp3) is 0.952. The number of aliphatic hydroxyl groups is 1. The van der Waals surface area contributed by atoms with Crippen LogP contribution in [0.15, 0.2) is 0 Å². The van der Waals surface area contributed by atoms with Crippen molar-refractivity contribution < 1.29 is 9.90 Å². The highest BCUT2D eigenvalue weighted by Crippen LogP contribution is 2.67. The third-order valence-electron chi connectivity index (χ3n) is 9.13. The molecule has 0 aromatic heterocycles. The van der Waals surface area contributed by atoms with Gasteiger partial charge in [0.2, 0.25) is 0 Å². The topological polar surface area (TPSA) is 37.3 Å². The molecule has 4 aliphatic rings. The summed E-state index contributed by atoms with van der Waals surface area (Å²) in [4.78, 5) is 12.3. The van der Waals surface area contributed by atoms with Crippen molar-refractivity contribution in [3.63, 3.8) is 0 Å². The summed E-state index contributed by atoms with van der Waals surface area (Å²) in [6.07, 6.45) is 13.5. The largest absolute Gasteiger partial charge is 0.389 e. The van der Waals surface area contributed by atoms with Gasteiger partial charge in [0.25, 0.3) is 0 Å². The number of rotatable bonds is 2. The van der Waals surface area contributed by atoms with E-state index in [9.17, 15) is 9.90 Å². The van der Waals surface area contributed by atoms with E-state index in [0.717, 1.165) is 30.1 Å². The van der Waals surface area contributed by atoms with Crippen molar-refractivity contribution in [2.45, 2.75) is 78.1 Å². The first-order valence-corrected chi connectivity index (χ1v) is 10.1. The molecule has 2 nitrogen and oxygen atoms in total. The Hall–Kier alpha value is -0.370. The number of aliphatic hydroxyl groups excluding tert-OH is 1. The minimum absolute atomic E-state index is 0.117. The number of carbonyl (C=O) groups excluding carboxylic acids is 1. The third-order valence-corrected chi connectivity index (χ3v) is 9.13. The Morgan fingerprint density at radius 1 is 0.913 bits per heavy atom. The van der Waals surface area contributed by atoms with Crippen LogP contribution in [0.3, 0.4) is 0 Å². The minimum atomic E-state index is -0.249. The van der Waals surface area contributed by atoms with Crippen molar-refractivity contribution in [1.82, 2.24) is 0 Å². The van der Waals surface area contributed by atoms with Crippen molar-refractivity contribution in [2.24, 2.45) is 40.4 Å². The zero-order valence-corrected chi connectivity index (χ0v) is 15.0. The van der Waals surface area contributed by atoms with Gasteiger partial charge in [0.1, 0.15) is 6.61 Å². The summed E-state index contributed by atoms with van der Waals surface area (Å²) < 4.78 is 0. The van der Waals surface area contributed by atoms with E-state index < -0.39 is 0 Å². The normalized spacial score (nSPS) is 52.4. The highest BCUT2D eigenvalue weighted by atomic mass is 16.3. The fourth-order valence-electron chi connectivity index (χ4n) is 7.93. The van der Waals surface area contributed by atoms with Gasteiger partial charge in [0, 0.05) is 5.92 Å². The molecule has 0 aromatic rings. The average molecular weight is 319 g/mol. The second kappa shape index (κ2) is 5.58. The van der Waals surface area contributed by atoms with Crippen LogP contribution in [0.25, 0.3) is 0 Å². The molecule has 0 aliphatic heterocycles. The molecule has 4 fully saturated rings. The fourth-order valence-corrected chi connectivity index (χ4v) is 7.93. The average Bonchev–Trinajstić information content (AvgIpc) is 2.91. The first-order valence-electron chi connectivity index (χ1n) is 10.1.